The number of nitrogens with one attached hydrogen (secondary N) is 1. The van der Waals surface area contributed by atoms with Gasteiger partial charge in [0.2, 0.25) is 0 Å². The predicted molar refractivity (Wildman–Crippen MR) is 79.8 cm³/mol. The van der Waals surface area contributed by atoms with Crippen LogP contribution in [0.2, 0.25) is 0 Å². The van der Waals surface area contributed by atoms with Crippen LogP contribution in [0, 0.1) is 25.5 Å². The molecule has 1 atom stereocenters. The van der Waals surface area contributed by atoms with E-state index in [2.05, 4.69) is 26.2 Å². The van der Waals surface area contributed by atoms with Crippen LogP contribution in [0.1, 0.15) is 29.7 Å². The van der Waals surface area contributed by atoms with Crippen molar-refractivity contribution in [1.29, 1.82) is 0 Å². The maximum Gasteiger partial charge on any atom is 0.128 e. The first kappa shape index (κ1) is 14.9. The molecule has 106 valence electrons. The molecule has 0 spiro atoms. The Morgan fingerprint density at radius 1 is 1.10 bits per heavy atom. The van der Waals surface area contributed by atoms with Gasteiger partial charge in [-0.25, -0.2) is 13.8 Å². The van der Waals surface area contributed by atoms with Crippen LogP contribution in [0.3, 0.4) is 0 Å². The highest BCUT2D eigenvalue weighted by Crippen LogP contribution is 2.25. The van der Waals surface area contributed by atoms with E-state index in [1.807, 2.05) is 13.0 Å². The van der Waals surface area contributed by atoms with Crippen molar-refractivity contribution in [1.82, 2.24) is 4.98 Å². The summed E-state index contributed by atoms with van der Waals surface area (Å²) in [6.07, 6.45) is 1.65. The molecule has 2 nitrogen and oxygen atoms in total. The highest BCUT2D eigenvalue weighted by atomic mass is 79.9. The number of hydrogen-bond acceptors (Lipinski definition) is 2. The third-order valence-corrected chi connectivity index (χ3v) is 3.97. The topological polar surface area (TPSA) is 24.9 Å². The van der Waals surface area contributed by atoms with Gasteiger partial charge in [-0.3, -0.25) is 0 Å². The van der Waals surface area contributed by atoms with Crippen molar-refractivity contribution in [2.45, 2.75) is 26.8 Å². The number of pyridine rings is 1. The second-order valence-corrected chi connectivity index (χ2v) is 5.57. The van der Waals surface area contributed by atoms with E-state index >= 15 is 0 Å². The van der Waals surface area contributed by atoms with Crippen molar-refractivity contribution in [3.63, 3.8) is 0 Å². The Kier molecular flexibility index (Phi) is 4.38. The van der Waals surface area contributed by atoms with Crippen LogP contribution < -0.4 is 5.32 Å². The van der Waals surface area contributed by atoms with E-state index in [-0.39, 0.29) is 6.04 Å². The molecule has 20 heavy (non-hydrogen) atoms. The molecule has 0 aliphatic carbocycles. The van der Waals surface area contributed by atoms with E-state index in [4.69, 9.17) is 0 Å². The monoisotopic (exact) mass is 340 g/mol. The fraction of sp³-hybridized carbons (Fsp3) is 0.267. The van der Waals surface area contributed by atoms with Crippen LogP contribution in [0.25, 0.3) is 0 Å². The van der Waals surface area contributed by atoms with Crippen LogP contribution in [-0.4, -0.2) is 4.98 Å². The molecule has 1 N–H and O–H groups in total. The number of aromatic nitrogens is 1. The Balaban J connectivity index is 2.25. The van der Waals surface area contributed by atoms with Crippen molar-refractivity contribution in [3.05, 3.63) is 57.3 Å². The summed E-state index contributed by atoms with van der Waals surface area (Å²) in [7, 11) is 0. The maximum atomic E-state index is 13.9. The minimum Gasteiger partial charge on any atom is -0.377 e. The molecule has 0 aliphatic rings. The van der Waals surface area contributed by atoms with Crippen molar-refractivity contribution < 1.29 is 8.78 Å². The lowest BCUT2D eigenvalue weighted by Gasteiger charge is -2.17. The van der Waals surface area contributed by atoms with Gasteiger partial charge in [-0.05, 0) is 66.0 Å². The Labute approximate surface area is 125 Å². The number of aryl methyl sites for hydroxylation is 2. The molecule has 0 saturated carbocycles. The molecule has 0 bridgehead atoms. The third kappa shape index (κ3) is 3.15. The summed E-state index contributed by atoms with van der Waals surface area (Å²) < 4.78 is 28.2. The molecule has 0 amide bonds. The smallest absolute Gasteiger partial charge is 0.128 e. The first-order valence-electron chi connectivity index (χ1n) is 6.22. The Morgan fingerprint density at radius 2 is 1.80 bits per heavy atom. The molecule has 2 rings (SSSR count). The molecule has 2 aromatic rings. The van der Waals surface area contributed by atoms with Crippen LogP contribution in [0.15, 0.2) is 29.0 Å². The first-order valence-corrected chi connectivity index (χ1v) is 7.02. The van der Waals surface area contributed by atoms with E-state index in [1.54, 1.807) is 20.0 Å². The number of benzene rings is 1. The maximum absolute atomic E-state index is 13.9. The van der Waals surface area contributed by atoms with E-state index in [1.165, 1.54) is 12.1 Å². The molecule has 0 fully saturated rings. The quantitative estimate of drug-likeness (QED) is 0.802. The summed E-state index contributed by atoms with van der Waals surface area (Å²) in [5.74, 6) is -0.814. The standard InChI is InChI=1S/C15H15BrF2N2/c1-8-5-14(18)12(6-13(8)17)10(3)20-11-4-9(2)15(16)19-7-11/h4-7,10,20H,1-3H3. The van der Waals surface area contributed by atoms with E-state index in [0.29, 0.717) is 11.1 Å². The fourth-order valence-corrected chi connectivity index (χ4v) is 2.18. The van der Waals surface area contributed by atoms with Gasteiger partial charge in [0.25, 0.3) is 0 Å². The summed E-state index contributed by atoms with van der Waals surface area (Å²) in [6.45, 7) is 5.24. The lowest BCUT2D eigenvalue weighted by atomic mass is 10.0. The number of rotatable bonds is 3. The minimum atomic E-state index is -0.411. The number of halogens is 3. The Bertz CT molecular complexity index is 644. The number of hydrogen-bond donors (Lipinski definition) is 1. The van der Waals surface area contributed by atoms with E-state index < -0.39 is 11.6 Å². The van der Waals surface area contributed by atoms with E-state index in [0.717, 1.165) is 15.9 Å². The zero-order valence-corrected chi connectivity index (χ0v) is 13.1. The van der Waals surface area contributed by atoms with Gasteiger partial charge in [-0.15, -0.1) is 0 Å². The van der Waals surface area contributed by atoms with Crippen LogP contribution in [-0.2, 0) is 0 Å². The predicted octanol–water partition coefficient (Wildman–Crippen LogP) is 4.91. The molecule has 1 aromatic heterocycles. The lowest BCUT2D eigenvalue weighted by molar-refractivity contribution is 0.571. The molecule has 1 aromatic carbocycles. The SMILES string of the molecule is Cc1cc(F)c(C(C)Nc2cnc(Br)c(C)c2)cc1F. The molecule has 0 saturated heterocycles. The average Bonchev–Trinajstić information content (AvgIpc) is 2.38. The molecule has 0 aliphatic heterocycles. The normalized spacial score (nSPS) is 12.3. The lowest BCUT2D eigenvalue weighted by Crippen LogP contribution is -2.10. The Morgan fingerprint density at radius 3 is 2.45 bits per heavy atom. The van der Waals surface area contributed by atoms with Gasteiger partial charge in [0.05, 0.1) is 17.9 Å². The Hall–Kier alpha value is -1.49. The zero-order chi connectivity index (χ0) is 14.9. The van der Waals surface area contributed by atoms with Gasteiger partial charge in [-0.1, -0.05) is 0 Å². The molecule has 1 heterocycles. The van der Waals surface area contributed by atoms with Crippen molar-refractivity contribution >= 4 is 21.6 Å². The van der Waals surface area contributed by atoms with Gasteiger partial charge in [-0.2, -0.15) is 0 Å². The highest BCUT2D eigenvalue weighted by Gasteiger charge is 2.14. The van der Waals surface area contributed by atoms with Crippen molar-refractivity contribution in [2.75, 3.05) is 5.32 Å². The van der Waals surface area contributed by atoms with Crippen LogP contribution in [0.4, 0.5) is 14.5 Å². The average molecular weight is 341 g/mol. The first-order chi connectivity index (χ1) is 9.38. The second kappa shape index (κ2) is 5.87. The number of nitrogens with zero attached hydrogens (tertiary/aromatic N) is 1. The number of anilines is 1. The van der Waals surface area contributed by atoms with Crippen LogP contribution in [0.5, 0.6) is 0 Å². The van der Waals surface area contributed by atoms with Gasteiger partial charge in [0, 0.05) is 5.56 Å². The summed E-state index contributed by atoms with van der Waals surface area (Å²) in [5.41, 5.74) is 2.34. The van der Waals surface area contributed by atoms with Crippen molar-refractivity contribution in [2.24, 2.45) is 0 Å². The fourth-order valence-electron chi connectivity index (χ4n) is 1.96. The van der Waals surface area contributed by atoms with Gasteiger partial charge in [0.15, 0.2) is 0 Å². The van der Waals surface area contributed by atoms with Crippen LogP contribution >= 0.6 is 15.9 Å². The second-order valence-electron chi connectivity index (χ2n) is 4.82. The summed E-state index contributed by atoms with van der Waals surface area (Å²) in [5, 5.41) is 3.12. The molecule has 1 unspecified atom stereocenters. The van der Waals surface area contributed by atoms with Crippen molar-refractivity contribution in [3.8, 4) is 0 Å². The van der Waals surface area contributed by atoms with Gasteiger partial charge >= 0.3 is 0 Å². The van der Waals surface area contributed by atoms with Gasteiger partial charge < -0.3 is 5.32 Å². The minimum absolute atomic E-state index is 0.300. The summed E-state index contributed by atoms with van der Waals surface area (Å²) in [4.78, 5) is 4.17. The molecule has 5 heteroatoms. The molecular weight excluding hydrogens is 326 g/mol. The zero-order valence-electron chi connectivity index (χ0n) is 11.5. The highest BCUT2D eigenvalue weighted by molar-refractivity contribution is 9.10. The van der Waals surface area contributed by atoms with Gasteiger partial charge in [0.1, 0.15) is 16.2 Å². The summed E-state index contributed by atoms with van der Waals surface area (Å²) in [6, 6.07) is 4.00. The summed E-state index contributed by atoms with van der Waals surface area (Å²) >= 11 is 3.32. The molecular formula is C15H15BrF2N2. The molecule has 0 radical (unpaired) electrons. The largest absolute Gasteiger partial charge is 0.377 e. The van der Waals surface area contributed by atoms with E-state index in [9.17, 15) is 8.78 Å². The third-order valence-electron chi connectivity index (χ3n) is 3.14.